The Bertz CT molecular complexity index is 670. The van der Waals surface area contributed by atoms with Crippen LogP contribution < -0.4 is 11.1 Å². The SMILES string of the molecule is CC(C)(C)OC(=O)N(CCC(N)=O)CCC(=O)N[C@@H]1C[C@H]1c1ccccc1. The van der Waals surface area contributed by atoms with Crippen LogP contribution in [-0.2, 0) is 14.3 Å². The van der Waals surface area contributed by atoms with Gasteiger partial charge in [-0.25, -0.2) is 4.79 Å². The molecule has 0 aliphatic heterocycles. The highest BCUT2D eigenvalue weighted by Crippen LogP contribution is 2.40. The van der Waals surface area contributed by atoms with E-state index in [9.17, 15) is 14.4 Å². The van der Waals surface area contributed by atoms with Crippen LogP contribution in [0.2, 0.25) is 0 Å². The van der Waals surface area contributed by atoms with Gasteiger partial charge in [0.2, 0.25) is 11.8 Å². The number of carbonyl (C=O) groups excluding carboxylic acids is 3. The van der Waals surface area contributed by atoms with E-state index in [1.165, 1.54) is 10.5 Å². The monoisotopic (exact) mass is 375 g/mol. The van der Waals surface area contributed by atoms with Crippen molar-refractivity contribution in [1.82, 2.24) is 10.2 Å². The van der Waals surface area contributed by atoms with Crippen molar-refractivity contribution in [3.8, 4) is 0 Å². The van der Waals surface area contributed by atoms with E-state index in [1.54, 1.807) is 20.8 Å². The number of nitrogens with one attached hydrogen (secondary N) is 1. The molecule has 2 atom stereocenters. The van der Waals surface area contributed by atoms with E-state index in [0.717, 1.165) is 6.42 Å². The molecule has 1 fully saturated rings. The van der Waals surface area contributed by atoms with Gasteiger partial charge in [-0.15, -0.1) is 0 Å². The highest BCUT2D eigenvalue weighted by molar-refractivity contribution is 5.78. The van der Waals surface area contributed by atoms with Gasteiger partial charge in [0.25, 0.3) is 0 Å². The topological polar surface area (TPSA) is 102 Å². The predicted molar refractivity (Wildman–Crippen MR) is 102 cm³/mol. The van der Waals surface area contributed by atoms with Crippen molar-refractivity contribution in [3.63, 3.8) is 0 Å². The second-order valence-electron chi connectivity index (χ2n) is 7.86. The zero-order chi connectivity index (χ0) is 20.0. The quantitative estimate of drug-likeness (QED) is 0.727. The molecule has 1 aliphatic rings. The molecular weight excluding hydrogens is 346 g/mol. The summed E-state index contributed by atoms with van der Waals surface area (Å²) in [7, 11) is 0. The molecule has 0 bridgehead atoms. The molecular formula is C20H29N3O4. The van der Waals surface area contributed by atoms with E-state index in [2.05, 4.69) is 17.4 Å². The average Bonchev–Trinajstić information content (AvgIpc) is 3.32. The Morgan fingerprint density at radius 2 is 1.78 bits per heavy atom. The van der Waals surface area contributed by atoms with Gasteiger partial charge in [-0.05, 0) is 32.8 Å². The van der Waals surface area contributed by atoms with Gasteiger partial charge in [-0.1, -0.05) is 30.3 Å². The van der Waals surface area contributed by atoms with Gasteiger partial charge >= 0.3 is 6.09 Å². The first-order valence-corrected chi connectivity index (χ1v) is 9.26. The van der Waals surface area contributed by atoms with Crippen LogP contribution in [0.5, 0.6) is 0 Å². The van der Waals surface area contributed by atoms with Crippen molar-refractivity contribution in [2.24, 2.45) is 5.73 Å². The lowest BCUT2D eigenvalue weighted by atomic mass is 10.1. The van der Waals surface area contributed by atoms with E-state index >= 15 is 0 Å². The Morgan fingerprint density at radius 1 is 1.15 bits per heavy atom. The van der Waals surface area contributed by atoms with Gasteiger partial charge in [0.15, 0.2) is 0 Å². The molecule has 7 nitrogen and oxygen atoms in total. The van der Waals surface area contributed by atoms with Crippen molar-refractivity contribution in [2.45, 2.75) is 57.6 Å². The summed E-state index contributed by atoms with van der Waals surface area (Å²) in [5, 5.41) is 3.00. The fourth-order valence-corrected chi connectivity index (χ4v) is 2.80. The van der Waals surface area contributed by atoms with E-state index in [4.69, 9.17) is 10.5 Å². The van der Waals surface area contributed by atoms with Gasteiger partial charge in [0.1, 0.15) is 5.60 Å². The molecule has 0 heterocycles. The molecule has 2 rings (SSSR count). The van der Waals surface area contributed by atoms with Crippen LogP contribution in [-0.4, -0.2) is 47.5 Å². The molecule has 0 spiro atoms. The maximum Gasteiger partial charge on any atom is 0.410 e. The second-order valence-corrected chi connectivity index (χ2v) is 7.86. The first-order valence-electron chi connectivity index (χ1n) is 9.26. The average molecular weight is 375 g/mol. The lowest BCUT2D eigenvalue weighted by Gasteiger charge is -2.27. The molecule has 0 saturated heterocycles. The van der Waals surface area contributed by atoms with Crippen LogP contribution in [0, 0.1) is 0 Å². The third-order valence-electron chi connectivity index (χ3n) is 4.25. The van der Waals surface area contributed by atoms with Crippen LogP contribution in [0.15, 0.2) is 30.3 Å². The summed E-state index contributed by atoms with van der Waals surface area (Å²) in [5.41, 5.74) is 5.74. The van der Waals surface area contributed by atoms with Crippen molar-refractivity contribution in [3.05, 3.63) is 35.9 Å². The molecule has 27 heavy (non-hydrogen) atoms. The van der Waals surface area contributed by atoms with Crippen LogP contribution in [0.1, 0.15) is 51.5 Å². The highest BCUT2D eigenvalue weighted by Gasteiger charge is 2.39. The Labute approximate surface area is 160 Å². The molecule has 1 aromatic rings. The first-order chi connectivity index (χ1) is 12.7. The predicted octanol–water partition coefficient (Wildman–Crippen LogP) is 2.16. The first kappa shape index (κ1) is 20.7. The lowest BCUT2D eigenvalue weighted by molar-refractivity contribution is -0.121. The van der Waals surface area contributed by atoms with E-state index < -0.39 is 17.6 Å². The summed E-state index contributed by atoms with van der Waals surface area (Å²) in [5.74, 6) is -0.269. The maximum atomic E-state index is 12.3. The van der Waals surface area contributed by atoms with Gasteiger partial charge < -0.3 is 20.7 Å². The van der Waals surface area contributed by atoms with Gasteiger partial charge in [0, 0.05) is 37.9 Å². The van der Waals surface area contributed by atoms with Crippen molar-refractivity contribution in [1.29, 1.82) is 0 Å². The summed E-state index contributed by atoms with van der Waals surface area (Å²) in [4.78, 5) is 36.9. The smallest absolute Gasteiger partial charge is 0.410 e. The molecule has 0 aromatic heterocycles. The van der Waals surface area contributed by atoms with E-state index in [-0.39, 0.29) is 37.9 Å². The number of hydrogen-bond acceptors (Lipinski definition) is 4. The molecule has 1 aromatic carbocycles. The van der Waals surface area contributed by atoms with Crippen LogP contribution >= 0.6 is 0 Å². The largest absolute Gasteiger partial charge is 0.444 e. The second kappa shape index (κ2) is 8.88. The highest BCUT2D eigenvalue weighted by atomic mass is 16.6. The van der Waals surface area contributed by atoms with Crippen molar-refractivity contribution < 1.29 is 19.1 Å². The number of carbonyl (C=O) groups is 3. The maximum absolute atomic E-state index is 12.3. The molecule has 1 saturated carbocycles. The third-order valence-corrected chi connectivity index (χ3v) is 4.25. The number of rotatable bonds is 8. The molecule has 7 heteroatoms. The molecule has 0 unspecified atom stereocenters. The van der Waals surface area contributed by atoms with E-state index in [1.807, 2.05) is 18.2 Å². The van der Waals surface area contributed by atoms with Crippen molar-refractivity contribution in [2.75, 3.05) is 13.1 Å². The van der Waals surface area contributed by atoms with Crippen LogP contribution in [0.25, 0.3) is 0 Å². The number of benzene rings is 1. The number of primary amides is 1. The summed E-state index contributed by atoms with van der Waals surface area (Å²) >= 11 is 0. The number of ether oxygens (including phenoxy) is 1. The minimum Gasteiger partial charge on any atom is -0.444 e. The van der Waals surface area contributed by atoms with Crippen LogP contribution in [0.4, 0.5) is 4.79 Å². The molecule has 1 aliphatic carbocycles. The summed E-state index contributed by atoms with van der Waals surface area (Å²) in [6.07, 6.45) is 0.549. The molecule has 3 N–H and O–H groups in total. The lowest BCUT2D eigenvalue weighted by Crippen LogP contribution is -2.40. The molecule has 148 valence electrons. The number of hydrogen-bond donors (Lipinski definition) is 2. The fraction of sp³-hybridized carbons (Fsp3) is 0.550. The Morgan fingerprint density at radius 3 is 2.37 bits per heavy atom. The number of nitrogens with zero attached hydrogens (tertiary/aromatic N) is 1. The third kappa shape index (κ3) is 7.29. The normalized spacial score (nSPS) is 18.5. The minimum atomic E-state index is -0.652. The fourth-order valence-electron chi connectivity index (χ4n) is 2.80. The zero-order valence-corrected chi connectivity index (χ0v) is 16.2. The summed E-state index contributed by atoms with van der Waals surface area (Å²) < 4.78 is 5.34. The summed E-state index contributed by atoms with van der Waals surface area (Å²) in [6, 6.07) is 10.2. The van der Waals surface area contributed by atoms with Crippen LogP contribution in [0.3, 0.4) is 0 Å². The Hall–Kier alpha value is -2.57. The minimum absolute atomic E-state index is 0.0273. The summed E-state index contributed by atoms with van der Waals surface area (Å²) in [6.45, 7) is 5.60. The van der Waals surface area contributed by atoms with Crippen molar-refractivity contribution >= 4 is 17.9 Å². The standard InChI is InChI=1S/C20H29N3O4/c1-20(2,3)27-19(26)23(11-9-17(21)24)12-10-18(25)22-16-13-15(16)14-7-5-4-6-8-14/h4-8,15-16H,9-13H2,1-3H3,(H2,21,24)(H,22,25)/t15-,16+/m0/s1. The van der Waals surface area contributed by atoms with Gasteiger partial charge in [-0.3, -0.25) is 9.59 Å². The number of amides is 3. The zero-order valence-electron chi connectivity index (χ0n) is 16.2. The molecule has 3 amide bonds. The Balaban J connectivity index is 1.81. The number of nitrogens with two attached hydrogens (primary N) is 1. The van der Waals surface area contributed by atoms with E-state index in [0.29, 0.717) is 5.92 Å². The Kier molecular flexibility index (Phi) is 6.82. The van der Waals surface area contributed by atoms with Gasteiger partial charge in [-0.2, -0.15) is 0 Å². The molecule has 0 radical (unpaired) electrons. The van der Waals surface area contributed by atoms with Gasteiger partial charge in [0.05, 0.1) is 0 Å².